The first kappa shape index (κ1) is 16.5. The lowest BCUT2D eigenvalue weighted by molar-refractivity contribution is 0.415. The van der Waals surface area contributed by atoms with Crippen LogP contribution < -0.4 is 15.1 Å². The van der Waals surface area contributed by atoms with E-state index in [1.165, 1.54) is 22.2 Å². The lowest BCUT2D eigenvalue weighted by Gasteiger charge is -2.37. The monoisotopic (exact) mass is 349 g/mol. The minimum atomic E-state index is -1.92. The van der Waals surface area contributed by atoms with Crippen molar-refractivity contribution in [3.8, 4) is 17.0 Å². The average Bonchev–Trinajstić information content (AvgIpc) is 3.06. The van der Waals surface area contributed by atoms with Crippen LogP contribution in [0.5, 0.6) is 5.75 Å². The number of aryl methyl sites for hydroxylation is 1. The van der Waals surface area contributed by atoms with E-state index in [1.807, 2.05) is 0 Å². The van der Waals surface area contributed by atoms with Crippen molar-refractivity contribution in [2.45, 2.75) is 38.8 Å². The lowest BCUT2D eigenvalue weighted by atomic mass is 10.1. The Bertz CT molecular complexity index is 960. The zero-order chi connectivity index (χ0) is 17.9. The Kier molecular flexibility index (Phi) is 3.62. The highest BCUT2D eigenvalue weighted by molar-refractivity contribution is 7.08. The summed E-state index contributed by atoms with van der Waals surface area (Å²) in [6.07, 6.45) is 0. The van der Waals surface area contributed by atoms with Crippen LogP contribution in [0.15, 0.2) is 42.5 Å². The molecule has 0 saturated heterocycles. The number of rotatable bonds is 3. The molecule has 0 aliphatic carbocycles. The van der Waals surface area contributed by atoms with Crippen molar-refractivity contribution in [3.63, 3.8) is 0 Å². The second kappa shape index (κ2) is 5.50. The fraction of sp³-hybridized carbons (Fsp3) is 0.364. The lowest BCUT2D eigenvalue weighted by Crippen LogP contribution is -2.60. The number of aromatic nitrogens is 1. The van der Waals surface area contributed by atoms with Gasteiger partial charge in [-0.15, -0.1) is 0 Å². The molecule has 0 bridgehead atoms. The second-order valence-corrected chi connectivity index (χ2v) is 13.0. The van der Waals surface area contributed by atoms with Gasteiger partial charge in [0.05, 0.1) is 7.11 Å². The van der Waals surface area contributed by atoms with E-state index in [2.05, 4.69) is 81.8 Å². The molecule has 1 aliphatic heterocycles. The highest BCUT2D eigenvalue weighted by Gasteiger charge is 2.52. The maximum Gasteiger partial charge on any atom is 0.127 e. The summed E-state index contributed by atoms with van der Waals surface area (Å²) in [7, 11) is 2.07. The summed E-state index contributed by atoms with van der Waals surface area (Å²) in [5.41, 5.74) is 5.47. The molecule has 0 fully saturated rings. The van der Waals surface area contributed by atoms with Crippen LogP contribution in [0.2, 0.25) is 11.1 Å². The van der Waals surface area contributed by atoms with Gasteiger partial charge in [0.15, 0.2) is 0 Å². The Morgan fingerprint density at radius 3 is 2.28 bits per heavy atom. The number of hydrogen-bond donors (Lipinski definition) is 0. The summed E-state index contributed by atoms with van der Waals surface area (Å²) in [6.45, 7) is 9.69. The van der Waals surface area contributed by atoms with E-state index in [-0.39, 0.29) is 0 Å². The Labute approximate surface area is 151 Å². The molecule has 0 radical (unpaired) electrons. The molecule has 0 N–H and O–H groups in total. The van der Waals surface area contributed by atoms with Gasteiger partial charge in [-0.05, 0) is 56.7 Å². The molecule has 25 heavy (non-hydrogen) atoms. The molecule has 1 aliphatic rings. The second-order valence-electron chi connectivity index (χ2n) is 7.89. The zero-order valence-corrected chi connectivity index (χ0v) is 17.1. The minimum absolute atomic E-state index is 0.630. The third-order valence-corrected chi connectivity index (χ3v) is 12.6. The first-order valence-corrected chi connectivity index (χ1v) is 11.4. The quantitative estimate of drug-likeness (QED) is 0.633. The van der Waals surface area contributed by atoms with Gasteiger partial charge in [0.2, 0.25) is 0 Å². The van der Waals surface area contributed by atoms with Gasteiger partial charge in [-0.3, -0.25) is 0 Å². The highest BCUT2D eigenvalue weighted by atomic mass is 28.3. The molecule has 2 nitrogen and oxygen atoms in total. The van der Waals surface area contributed by atoms with Crippen LogP contribution in [-0.2, 0) is 7.05 Å². The molecule has 3 heteroatoms. The molecule has 4 rings (SSSR count). The first-order chi connectivity index (χ1) is 11.9. The topological polar surface area (TPSA) is 14.2 Å². The van der Waals surface area contributed by atoms with Crippen LogP contribution in [0.1, 0.15) is 27.7 Å². The van der Waals surface area contributed by atoms with Crippen LogP contribution in [0.25, 0.3) is 22.2 Å². The van der Waals surface area contributed by atoms with Gasteiger partial charge >= 0.3 is 0 Å². The molecule has 1 aromatic heterocycles. The van der Waals surface area contributed by atoms with Gasteiger partial charge in [0, 0.05) is 18.3 Å². The van der Waals surface area contributed by atoms with Crippen LogP contribution in [0.3, 0.4) is 0 Å². The summed E-state index contributed by atoms with van der Waals surface area (Å²) >= 11 is 0. The smallest absolute Gasteiger partial charge is 0.127 e. The number of fused-ring (bicyclic) bond motifs is 5. The number of ether oxygens (including phenoxy) is 1. The molecular formula is C22H27NOSi. The predicted molar refractivity (Wildman–Crippen MR) is 110 cm³/mol. The number of methoxy groups -OCH3 is 1. The SMILES string of the molecule is COc1ccc2c(c1)[Si](C(C)C)(C(C)C)c1c-2n(C)c2ccccc12. The Morgan fingerprint density at radius 1 is 0.960 bits per heavy atom. The maximum absolute atomic E-state index is 5.60. The van der Waals surface area contributed by atoms with E-state index in [1.54, 1.807) is 17.5 Å². The molecule has 0 atom stereocenters. The number of para-hydroxylation sites is 1. The largest absolute Gasteiger partial charge is 0.497 e. The molecule has 0 unspecified atom stereocenters. The zero-order valence-electron chi connectivity index (χ0n) is 16.1. The van der Waals surface area contributed by atoms with Crippen molar-refractivity contribution in [1.82, 2.24) is 4.57 Å². The van der Waals surface area contributed by atoms with Gasteiger partial charge in [-0.1, -0.05) is 45.9 Å². The van der Waals surface area contributed by atoms with Gasteiger partial charge in [-0.2, -0.15) is 0 Å². The van der Waals surface area contributed by atoms with Crippen LogP contribution >= 0.6 is 0 Å². The van der Waals surface area contributed by atoms with E-state index >= 15 is 0 Å². The van der Waals surface area contributed by atoms with Crippen molar-refractivity contribution < 1.29 is 4.74 Å². The standard InChI is InChI=1S/C22H27NOSi/c1-14(2)25(15(3)4)20-13-16(24-6)11-12-18(20)21-22(25)17-9-7-8-10-19(17)23(21)5/h7-15H,1-6H3. The third kappa shape index (κ3) is 1.90. The maximum atomic E-state index is 5.60. The molecule has 0 amide bonds. The molecule has 130 valence electrons. The first-order valence-electron chi connectivity index (χ1n) is 9.21. The van der Waals surface area contributed by atoms with Crippen molar-refractivity contribution >= 4 is 29.4 Å². The predicted octanol–water partition coefficient (Wildman–Crippen LogP) is 4.55. The molecule has 2 aromatic carbocycles. The Balaban J connectivity index is 2.22. The average molecular weight is 350 g/mol. The minimum Gasteiger partial charge on any atom is -0.497 e. The van der Waals surface area contributed by atoms with Crippen molar-refractivity contribution in [2.24, 2.45) is 7.05 Å². The summed E-state index contributed by atoms with van der Waals surface area (Å²) in [5.74, 6) is 0.981. The Hall–Kier alpha value is -2.00. The summed E-state index contributed by atoms with van der Waals surface area (Å²) < 4.78 is 8.01. The van der Waals surface area contributed by atoms with Crippen LogP contribution in [-0.4, -0.2) is 19.8 Å². The molecule has 2 heterocycles. The van der Waals surface area contributed by atoms with Crippen molar-refractivity contribution in [2.75, 3.05) is 7.11 Å². The normalized spacial score (nSPS) is 15.0. The number of hydrogen-bond acceptors (Lipinski definition) is 1. The molecule has 0 spiro atoms. The van der Waals surface area contributed by atoms with Crippen LogP contribution in [0.4, 0.5) is 0 Å². The fourth-order valence-corrected chi connectivity index (χ4v) is 11.7. The summed E-state index contributed by atoms with van der Waals surface area (Å²) in [5, 5.41) is 4.64. The Morgan fingerprint density at radius 2 is 1.64 bits per heavy atom. The van der Waals surface area contributed by atoms with Crippen molar-refractivity contribution in [1.29, 1.82) is 0 Å². The van der Waals surface area contributed by atoms with Crippen molar-refractivity contribution in [3.05, 3.63) is 42.5 Å². The fourth-order valence-electron chi connectivity index (χ4n) is 5.33. The third-order valence-electron chi connectivity index (χ3n) is 6.27. The van der Waals surface area contributed by atoms with Gasteiger partial charge in [0.25, 0.3) is 0 Å². The summed E-state index contributed by atoms with van der Waals surface area (Å²) in [6, 6.07) is 15.7. The molecule has 0 saturated carbocycles. The van der Waals surface area contributed by atoms with E-state index in [0.29, 0.717) is 11.1 Å². The van der Waals surface area contributed by atoms with Gasteiger partial charge < -0.3 is 9.30 Å². The molecule has 3 aromatic rings. The van der Waals surface area contributed by atoms with E-state index < -0.39 is 8.07 Å². The number of benzene rings is 2. The van der Waals surface area contributed by atoms with E-state index in [9.17, 15) is 0 Å². The van der Waals surface area contributed by atoms with Gasteiger partial charge in [0.1, 0.15) is 13.8 Å². The molecular weight excluding hydrogens is 322 g/mol. The van der Waals surface area contributed by atoms with E-state index in [0.717, 1.165) is 5.75 Å². The summed E-state index contributed by atoms with van der Waals surface area (Å²) in [4.78, 5) is 0. The van der Waals surface area contributed by atoms with Gasteiger partial charge in [-0.25, -0.2) is 0 Å². The highest BCUT2D eigenvalue weighted by Crippen LogP contribution is 2.44. The number of nitrogens with zero attached hydrogens (tertiary/aromatic N) is 1. The van der Waals surface area contributed by atoms with E-state index in [4.69, 9.17) is 4.74 Å². The van der Waals surface area contributed by atoms with Crippen LogP contribution in [0, 0.1) is 0 Å².